The van der Waals surface area contributed by atoms with Gasteiger partial charge in [0.2, 0.25) is 0 Å². The number of hydrogen-bond donors (Lipinski definition) is 1. The minimum atomic E-state index is 0.301. The van der Waals surface area contributed by atoms with Crippen LogP contribution in [0.5, 0.6) is 0 Å². The Morgan fingerprint density at radius 2 is 2.06 bits per heavy atom. The van der Waals surface area contributed by atoms with E-state index in [1.165, 1.54) is 0 Å². The average molecular weight is 230 g/mol. The van der Waals surface area contributed by atoms with Gasteiger partial charge in [-0.3, -0.25) is 0 Å². The molecular weight excluding hydrogens is 212 g/mol. The average Bonchev–Trinajstić information content (AvgIpc) is 2.86. The Morgan fingerprint density at radius 1 is 1.29 bits per heavy atom. The molecule has 90 valence electrons. The summed E-state index contributed by atoms with van der Waals surface area (Å²) >= 11 is 0. The lowest BCUT2D eigenvalue weighted by Crippen LogP contribution is -2.19. The van der Waals surface area contributed by atoms with Crippen molar-refractivity contribution in [3.05, 3.63) is 42.2 Å². The molecule has 0 aliphatic heterocycles. The number of nitrogens with one attached hydrogen (secondary N) is 1. The largest absolute Gasteiger partial charge is 0.312 e. The number of aromatic nitrogens is 3. The first-order chi connectivity index (χ1) is 8.36. The summed E-state index contributed by atoms with van der Waals surface area (Å²) in [5.41, 5.74) is 2.16. The van der Waals surface area contributed by atoms with Gasteiger partial charge in [0, 0.05) is 0 Å². The van der Waals surface area contributed by atoms with E-state index in [0.717, 1.165) is 24.2 Å². The van der Waals surface area contributed by atoms with Crippen molar-refractivity contribution in [3.63, 3.8) is 0 Å². The quantitative estimate of drug-likeness (QED) is 0.857. The second-order valence-electron chi connectivity index (χ2n) is 4.04. The van der Waals surface area contributed by atoms with Crippen molar-refractivity contribution < 1.29 is 0 Å². The van der Waals surface area contributed by atoms with Crippen LogP contribution in [0.15, 0.2) is 36.5 Å². The second-order valence-corrected chi connectivity index (χ2v) is 4.04. The van der Waals surface area contributed by atoms with Crippen molar-refractivity contribution in [3.8, 4) is 5.69 Å². The molecule has 1 atom stereocenters. The Balaban J connectivity index is 2.34. The number of rotatable bonds is 5. The van der Waals surface area contributed by atoms with E-state index in [1.807, 2.05) is 48.3 Å². The van der Waals surface area contributed by atoms with Crippen molar-refractivity contribution in [1.82, 2.24) is 20.3 Å². The maximum Gasteiger partial charge on any atom is 0.0815 e. The van der Waals surface area contributed by atoms with Crippen molar-refractivity contribution in [1.29, 1.82) is 0 Å². The summed E-state index contributed by atoms with van der Waals surface area (Å²) in [6, 6.07) is 10.4. The topological polar surface area (TPSA) is 42.7 Å². The van der Waals surface area contributed by atoms with Gasteiger partial charge in [0.05, 0.1) is 23.6 Å². The van der Waals surface area contributed by atoms with Crippen LogP contribution in [0.25, 0.3) is 5.69 Å². The highest BCUT2D eigenvalue weighted by atomic mass is 15.4. The maximum absolute atomic E-state index is 4.16. The molecule has 4 heteroatoms. The fourth-order valence-corrected chi connectivity index (χ4v) is 1.98. The summed E-state index contributed by atoms with van der Waals surface area (Å²) in [4.78, 5) is 0. The first kappa shape index (κ1) is 11.8. The minimum Gasteiger partial charge on any atom is -0.312 e. The Labute approximate surface area is 102 Å². The predicted octanol–water partition coefficient (Wildman–Crippen LogP) is 2.33. The summed E-state index contributed by atoms with van der Waals surface area (Å²) in [6.07, 6.45) is 4.05. The van der Waals surface area contributed by atoms with Gasteiger partial charge < -0.3 is 5.32 Å². The monoisotopic (exact) mass is 230 g/mol. The molecule has 0 amide bonds. The maximum atomic E-state index is 4.16. The molecule has 0 saturated heterocycles. The lowest BCUT2D eigenvalue weighted by atomic mass is 10.1. The molecule has 0 saturated carbocycles. The molecule has 0 fully saturated rings. The van der Waals surface area contributed by atoms with Crippen LogP contribution >= 0.6 is 0 Å². The third kappa shape index (κ3) is 2.53. The highest BCUT2D eigenvalue weighted by Gasteiger charge is 2.15. The molecule has 2 rings (SSSR count). The van der Waals surface area contributed by atoms with Crippen LogP contribution in [0, 0.1) is 0 Å². The molecule has 1 aromatic heterocycles. The van der Waals surface area contributed by atoms with E-state index in [4.69, 9.17) is 0 Å². The summed E-state index contributed by atoms with van der Waals surface area (Å²) in [5, 5.41) is 11.5. The Bertz CT molecular complexity index is 449. The molecule has 1 aromatic carbocycles. The van der Waals surface area contributed by atoms with Gasteiger partial charge >= 0.3 is 0 Å². The van der Waals surface area contributed by atoms with E-state index < -0.39 is 0 Å². The molecule has 0 aliphatic rings. The van der Waals surface area contributed by atoms with Gasteiger partial charge in [-0.2, -0.15) is 0 Å². The van der Waals surface area contributed by atoms with Crippen LogP contribution in [0.4, 0.5) is 0 Å². The highest BCUT2D eigenvalue weighted by Crippen LogP contribution is 2.19. The van der Waals surface area contributed by atoms with Gasteiger partial charge in [0.15, 0.2) is 0 Å². The van der Waals surface area contributed by atoms with E-state index in [0.29, 0.717) is 6.04 Å². The van der Waals surface area contributed by atoms with Crippen molar-refractivity contribution in [2.45, 2.75) is 25.8 Å². The normalized spacial score (nSPS) is 12.6. The van der Waals surface area contributed by atoms with Crippen LogP contribution in [0.1, 0.15) is 31.5 Å². The third-order valence-corrected chi connectivity index (χ3v) is 2.86. The van der Waals surface area contributed by atoms with Crippen molar-refractivity contribution in [2.75, 3.05) is 7.05 Å². The highest BCUT2D eigenvalue weighted by molar-refractivity contribution is 5.32. The number of nitrogens with zero attached hydrogens (tertiary/aromatic N) is 3. The fraction of sp³-hybridized carbons (Fsp3) is 0.385. The van der Waals surface area contributed by atoms with Crippen LogP contribution in [0.3, 0.4) is 0 Å². The van der Waals surface area contributed by atoms with Crippen molar-refractivity contribution in [2.24, 2.45) is 0 Å². The number of benzene rings is 1. The first-order valence-electron chi connectivity index (χ1n) is 6.00. The fourth-order valence-electron chi connectivity index (χ4n) is 1.98. The molecule has 1 unspecified atom stereocenters. The zero-order chi connectivity index (χ0) is 12.1. The lowest BCUT2D eigenvalue weighted by molar-refractivity contribution is 0.513. The van der Waals surface area contributed by atoms with Crippen LogP contribution in [-0.4, -0.2) is 22.0 Å². The molecule has 4 nitrogen and oxygen atoms in total. The van der Waals surface area contributed by atoms with Crippen LogP contribution in [-0.2, 0) is 0 Å². The van der Waals surface area contributed by atoms with E-state index in [9.17, 15) is 0 Å². The molecular formula is C13H18N4. The van der Waals surface area contributed by atoms with Gasteiger partial charge in [0.25, 0.3) is 0 Å². The Morgan fingerprint density at radius 3 is 2.71 bits per heavy atom. The van der Waals surface area contributed by atoms with Gasteiger partial charge in [0.1, 0.15) is 0 Å². The predicted molar refractivity (Wildman–Crippen MR) is 68.1 cm³/mol. The number of hydrogen-bond acceptors (Lipinski definition) is 3. The molecule has 0 radical (unpaired) electrons. The lowest BCUT2D eigenvalue weighted by Gasteiger charge is -2.16. The first-order valence-corrected chi connectivity index (χ1v) is 6.00. The van der Waals surface area contributed by atoms with E-state index in [-0.39, 0.29) is 0 Å². The summed E-state index contributed by atoms with van der Waals surface area (Å²) < 4.78 is 1.90. The molecule has 1 N–H and O–H groups in total. The van der Waals surface area contributed by atoms with Gasteiger partial charge in [-0.15, -0.1) is 5.10 Å². The zero-order valence-corrected chi connectivity index (χ0v) is 10.3. The van der Waals surface area contributed by atoms with Crippen LogP contribution in [0.2, 0.25) is 0 Å². The van der Waals surface area contributed by atoms with E-state index in [2.05, 4.69) is 22.6 Å². The Kier molecular flexibility index (Phi) is 3.88. The molecule has 0 spiro atoms. The standard InChI is InChI=1S/C13H18N4/c1-3-7-12(14-2)13-10-15-16-17(13)11-8-5-4-6-9-11/h4-6,8-10,12,14H,3,7H2,1-2H3. The SMILES string of the molecule is CCCC(NC)c1cnnn1-c1ccccc1. The van der Waals surface area contributed by atoms with Crippen molar-refractivity contribution >= 4 is 0 Å². The third-order valence-electron chi connectivity index (χ3n) is 2.86. The summed E-state index contributed by atoms with van der Waals surface area (Å²) in [5.74, 6) is 0. The van der Waals surface area contributed by atoms with Crippen LogP contribution < -0.4 is 5.32 Å². The minimum absolute atomic E-state index is 0.301. The van der Waals surface area contributed by atoms with Gasteiger partial charge in [-0.1, -0.05) is 36.8 Å². The smallest absolute Gasteiger partial charge is 0.0815 e. The van der Waals surface area contributed by atoms with Gasteiger partial charge in [-0.05, 0) is 25.6 Å². The summed E-state index contributed by atoms with van der Waals surface area (Å²) in [6.45, 7) is 2.18. The summed E-state index contributed by atoms with van der Waals surface area (Å²) in [7, 11) is 1.97. The molecule has 2 aromatic rings. The molecule has 0 bridgehead atoms. The van der Waals surface area contributed by atoms with E-state index >= 15 is 0 Å². The van der Waals surface area contributed by atoms with E-state index in [1.54, 1.807) is 0 Å². The molecule has 1 heterocycles. The number of para-hydroxylation sites is 1. The zero-order valence-electron chi connectivity index (χ0n) is 10.3. The van der Waals surface area contributed by atoms with Gasteiger partial charge in [-0.25, -0.2) is 4.68 Å². The Hall–Kier alpha value is -1.68. The molecule has 0 aliphatic carbocycles. The molecule has 17 heavy (non-hydrogen) atoms. The second kappa shape index (κ2) is 5.59.